The molecule has 1 unspecified atom stereocenters. The quantitative estimate of drug-likeness (QED) is 0.833. The minimum absolute atomic E-state index is 0.193. The van der Waals surface area contributed by atoms with Crippen molar-refractivity contribution in [3.8, 4) is 0 Å². The lowest BCUT2D eigenvalue weighted by molar-refractivity contribution is 0.0166. The Morgan fingerprint density at radius 2 is 2.26 bits per heavy atom. The first-order valence-electron chi connectivity index (χ1n) is 8.36. The molecule has 130 valence electrons. The SMILES string of the molecule is Cn1cnnc1CCNCC1CCCN(C(=O)OC(C)(C)C)C1. The second kappa shape index (κ2) is 7.77. The van der Waals surface area contributed by atoms with Crippen LogP contribution in [0, 0.1) is 5.92 Å². The van der Waals surface area contributed by atoms with Gasteiger partial charge in [-0.25, -0.2) is 4.79 Å². The minimum atomic E-state index is -0.432. The first-order chi connectivity index (χ1) is 10.8. The van der Waals surface area contributed by atoms with E-state index >= 15 is 0 Å². The zero-order valence-electron chi connectivity index (χ0n) is 14.7. The summed E-state index contributed by atoms with van der Waals surface area (Å²) >= 11 is 0. The summed E-state index contributed by atoms with van der Waals surface area (Å²) < 4.78 is 7.40. The number of carbonyl (C=O) groups is 1. The van der Waals surface area contributed by atoms with Crippen LogP contribution < -0.4 is 5.32 Å². The Morgan fingerprint density at radius 1 is 1.48 bits per heavy atom. The molecule has 2 heterocycles. The summed E-state index contributed by atoms with van der Waals surface area (Å²) in [6.07, 6.45) is 4.57. The van der Waals surface area contributed by atoms with E-state index in [0.29, 0.717) is 5.92 Å². The predicted molar refractivity (Wildman–Crippen MR) is 88.1 cm³/mol. The molecule has 1 fully saturated rings. The molecule has 1 atom stereocenters. The number of piperidine rings is 1. The largest absolute Gasteiger partial charge is 0.444 e. The van der Waals surface area contributed by atoms with Gasteiger partial charge in [0.15, 0.2) is 0 Å². The van der Waals surface area contributed by atoms with Crippen molar-refractivity contribution in [1.29, 1.82) is 0 Å². The van der Waals surface area contributed by atoms with Crippen molar-refractivity contribution >= 4 is 6.09 Å². The van der Waals surface area contributed by atoms with E-state index in [1.165, 1.54) is 0 Å². The third kappa shape index (κ3) is 5.82. The van der Waals surface area contributed by atoms with Crippen LogP contribution in [0.3, 0.4) is 0 Å². The van der Waals surface area contributed by atoms with E-state index < -0.39 is 5.60 Å². The number of aromatic nitrogens is 3. The fourth-order valence-corrected chi connectivity index (χ4v) is 2.76. The van der Waals surface area contributed by atoms with Gasteiger partial charge in [-0.1, -0.05) is 0 Å². The number of nitrogens with zero attached hydrogens (tertiary/aromatic N) is 4. The number of hydrogen-bond acceptors (Lipinski definition) is 5. The van der Waals surface area contributed by atoms with Crippen molar-refractivity contribution in [2.75, 3.05) is 26.2 Å². The van der Waals surface area contributed by atoms with Gasteiger partial charge in [0, 0.05) is 33.1 Å². The molecule has 1 amide bonds. The highest BCUT2D eigenvalue weighted by atomic mass is 16.6. The van der Waals surface area contributed by atoms with E-state index in [1.807, 2.05) is 37.3 Å². The summed E-state index contributed by atoms with van der Waals surface area (Å²) in [5.41, 5.74) is -0.432. The molecular weight excluding hydrogens is 294 g/mol. The molecule has 7 heteroatoms. The van der Waals surface area contributed by atoms with Crippen LogP contribution in [0.25, 0.3) is 0 Å². The van der Waals surface area contributed by atoms with E-state index in [1.54, 1.807) is 6.33 Å². The molecular formula is C16H29N5O2. The highest BCUT2D eigenvalue weighted by Gasteiger charge is 2.27. The normalized spacial score (nSPS) is 19.0. The standard InChI is InChI=1S/C16H29N5O2/c1-16(2,3)23-15(22)21-9-5-6-13(11-21)10-17-8-7-14-19-18-12-20(14)4/h12-13,17H,5-11H2,1-4H3. The van der Waals surface area contributed by atoms with Crippen LogP contribution in [0.15, 0.2) is 6.33 Å². The molecule has 1 aliphatic rings. The number of carbonyl (C=O) groups excluding carboxylic acids is 1. The number of hydrogen-bond donors (Lipinski definition) is 1. The second-order valence-corrected chi connectivity index (χ2v) is 7.25. The lowest BCUT2D eigenvalue weighted by Gasteiger charge is -2.34. The van der Waals surface area contributed by atoms with E-state index in [-0.39, 0.29) is 6.09 Å². The lowest BCUT2D eigenvalue weighted by atomic mass is 9.98. The fraction of sp³-hybridized carbons (Fsp3) is 0.812. The summed E-state index contributed by atoms with van der Waals surface area (Å²) in [5, 5.41) is 11.4. The molecule has 7 nitrogen and oxygen atoms in total. The van der Waals surface area contributed by atoms with Crippen molar-refractivity contribution < 1.29 is 9.53 Å². The summed E-state index contributed by atoms with van der Waals surface area (Å²) in [6, 6.07) is 0. The van der Waals surface area contributed by atoms with Gasteiger partial charge in [0.2, 0.25) is 0 Å². The first-order valence-corrected chi connectivity index (χ1v) is 8.36. The van der Waals surface area contributed by atoms with Crippen LogP contribution in [0.1, 0.15) is 39.4 Å². The third-order valence-electron chi connectivity index (χ3n) is 3.93. The molecule has 0 bridgehead atoms. The third-order valence-corrected chi connectivity index (χ3v) is 3.93. The van der Waals surface area contributed by atoms with Gasteiger partial charge in [0.25, 0.3) is 0 Å². The van der Waals surface area contributed by atoms with E-state index in [2.05, 4.69) is 15.5 Å². The average Bonchev–Trinajstić information content (AvgIpc) is 2.88. The zero-order valence-corrected chi connectivity index (χ0v) is 14.7. The molecule has 1 saturated heterocycles. The number of likely N-dealkylation sites (tertiary alicyclic amines) is 1. The monoisotopic (exact) mass is 323 g/mol. The number of ether oxygens (including phenoxy) is 1. The van der Waals surface area contributed by atoms with E-state index in [9.17, 15) is 4.79 Å². The lowest BCUT2D eigenvalue weighted by Crippen LogP contribution is -2.45. The Hall–Kier alpha value is -1.63. The number of rotatable bonds is 5. The smallest absolute Gasteiger partial charge is 0.410 e. The van der Waals surface area contributed by atoms with Crippen molar-refractivity contribution in [1.82, 2.24) is 25.0 Å². The van der Waals surface area contributed by atoms with Gasteiger partial charge in [0.1, 0.15) is 17.8 Å². The van der Waals surface area contributed by atoms with Crippen molar-refractivity contribution in [3.05, 3.63) is 12.2 Å². The summed E-state index contributed by atoms with van der Waals surface area (Å²) in [4.78, 5) is 14.0. The van der Waals surface area contributed by atoms with Gasteiger partial charge in [-0.05, 0) is 46.1 Å². The molecule has 1 aliphatic heterocycles. The van der Waals surface area contributed by atoms with Gasteiger partial charge in [0.05, 0.1) is 0 Å². The summed E-state index contributed by atoms with van der Waals surface area (Å²) in [7, 11) is 1.95. The fourth-order valence-electron chi connectivity index (χ4n) is 2.76. The van der Waals surface area contributed by atoms with E-state index in [0.717, 1.165) is 51.3 Å². The number of amides is 1. The van der Waals surface area contributed by atoms with Crippen LogP contribution >= 0.6 is 0 Å². The van der Waals surface area contributed by atoms with Crippen LogP contribution in [0.2, 0.25) is 0 Å². The Bertz CT molecular complexity index is 509. The van der Waals surface area contributed by atoms with Crippen LogP contribution in [0.5, 0.6) is 0 Å². The molecule has 1 N–H and O–H groups in total. The maximum Gasteiger partial charge on any atom is 0.410 e. The summed E-state index contributed by atoms with van der Waals surface area (Å²) in [6.45, 7) is 9.06. The minimum Gasteiger partial charge on any atom is -0.444 e. The molecule has 0 radical (unpaired) electrons. The molecule has 2 rings (SSSR count). The zero-order chi connectivity index (χ0) is 16.9. The van der Waals surface area contributed by atoms with E-state index in [4.69, 9.17) is 4.74 Å². The number of nitrogens with one attached hydrogen (secondary N) is 1. The Labute approximate surface area is 138 Å². The average molecular weight is 323 g/mol. The van der Waals surface area contributed by atoms with Gasteiger partial charge >= 0.3 is 6.09 Å². The first kappa shape index (κ1) is 17.7. The maximum absolute atomic E-state index is 12.1. The maximum atomic E-state index is 12.1. The molecule has 1 aromatic heterocycles. The van der Waals surface area contributed by atoms with Gasteiger partial charge in [-0.15, -0.1) is 10.2 Å². The van der Waals surface area contributed by atoms with Crippen LogP contribution in [-0.4, -0.2) is 57.5 Å². The summed E-state index contributed by atoms with van der Waals surface area (Å²) in [5.74, 6) is 1.47. The Morgan fingerprint density at radius 3 is 2.91 bits per heavy atom. The van der Waals surface area contributed by atoms with Gasteiger partial charge in [-0.3, -0.25) is 0 Å². The number of aryl methyl sites for hydroxylation is 1. The van der Waals surface area contributed by atoms with Crippen molar-refractivity contribution in [2.45, 2.75) is 45.6 Å². The van der Waals surface area contributed by atoms with Crippen molar-refractivity contribution in [2.24, 2.45) is 13.0 Å². The van der Waals surface area contributed by atoms with Crippen LogP contribution in [0.4, 0.5) is 4.79 Å². The Kier molecular flexibility index (Phi) is 5.98. The molecule has 0 spiro atoms. The predicted octanol–water partition coefficient (Wildman–Crippen LogP) is 1.59. The molecule has 0 aliphatic carbocycles. The Balaban J connectivity index is 1.69. The van der Waals surface area contributed by atoms with Gasteiger partial charge in [-0.2, -0.15) is 0 Å². The molecule has 0 aromatic carbocycles. The van der Waals surface area contributed by atoms with Crippen molar-refractivity contribution in [3.63, 3.8) is 0 Å². The second-order valence-electron chi connectivity index (χ2n) is 7.25. The van der Waals surface area contributed by atoms with Gasteiger partial charge < -0.3 is 19.5 Å². The topological polar surface area (TPSA) is 72.3 Å². The highest BCUT2D eigenvalue weighted by molar-refractivity contribution is 5.68. The van der Waals surface area contributed by atoms with Crippen LogP contribution in [-0.2, 0) is 18.2 Å². The molecule has 23 heavy (non-hydrogen) atoms. The molecule has 0 saturated carbocycles. The highest BCUT2D eigenvalue weighted by Crippen LogP contribution is 2.18. The molecule has 1 aromatic rings.